The minimum Gasteiger partial charge on any atom is -0.478 e. The SMILES string of the molecule is CC[C@H]1[C@@H](O)[C@@H]2[C@H](CC[C@]3(C)[C@@H]([C@H](C)CCOc4ncc(C(=O)CCCS(=O)(=O)O)cc4Cl)CC[C@@H]23)[C@@]2(C)CC[C@@H](O)C[C@@H]12.CC[C@H]1[C@@H](O)[C@@H]2[C@H](CC[C@]3(C)[C@@H]([C@H](C)CCOc4ncc(C(=O)O)cc4Cl)CC[C@@H]23)[C@@]2(C)CC[C@@H](O)C[C@@H]12.NCCS(=O)(=O)O. The number of hydrogen-bond donors (Lipinski definition) is 8. The van der Waals surface area contributed by atoms with Crippen molar-refractivity contribution in [3.05, 3.63) is 45.7 Å². The number of nitrogens with two attached hydrogens (primary N) is 1. The Morgan fingerprint density at radius 1 is 0.607 bits per heavy atom. The smallest absolute Gasteiger partial charge is 0.337 e. The zero-order chi connectivity index (χ0) is 65.3. The van der Waals surface area contributed by atoms with Crippen molar-refractivity contribution in [2.45, 2.75) is 208 Å². The van der Waals surface area contributed by atoms with Crippen LogP contribution in [0.5, 0.6) is 11.8 Å². The quantitative estimate of drug-likeness (QED) is 0.0451. The fourth-order valence-corrected chi connectivity index (χ4v) is 22.2. The van der Waals surface area contributed by atoms with Gasteiger partial charge in [0.1, 0.15) is 10.0 Å². The molecule has 10 rings (SSSR count). The van der Waals surface area contributed by atoms with Crippen molar-refractivity contribution in [2.24, 2.45) is 110 Å². The van der Waals surface area contributed by atoms with Crippen molar-refractivity contribution < 1.29 is 70.5 Å². The van der Waals surface area contributed by atoms with Crippen LogP contribution in [0.3, 0.4) is 0 Å². The monoisotopic (exact) mass is 1330 g/mol. The number of carbonyl (C=O) groups is 2. The fourth-order valence-electron chi connectivity index (χ4n) is 21.0. The van der Waals surface area contributed by atoms with Crippen molar-refractivity contribution in [3.8, 4) is 11.8 Å². The third-order valence-electron chi connectivity index (χ3n) is 25.3. The molecule has 22 atom stereocenters. The summed E-state index contributed by atoms with van der Waals surface area (Å²) in [5, 5.41) is 54.5. The second-order valence-corrected chi connectivity index (χ2v) is 33.6. The molecule has 8 aliphatic rings. The highest BCUT2D eigenvalue weighted by atomic mass is 35.5. The number of ether oxygens (including phenoxy) is 2. The van der Waals surface area contributed by atoms with Gasteiger partial charge in [-0.1, -0.05) is 91.4 Å². The largest absolute Gasteiger partial charge is 0.478 e. The molecule has 89 heavy (non-hydrogen) atoms. The lowest BCUT2D eigenvalue weighted by Gasteiger charge is -2.64. The van der Waals surface area contributed by atoms with Gasteiger partial charge in [-0.3, -0.25) is 13.9 Å². The number of carboxylic acid groups (broad SMARTS) is 1. The fraction of sp³-hybridized carbons (Fsp3) is 0.821. The van der Waals surface area contributed by atoms with Gasteiger partial charge in [-0.05, 0) is 226 Å². The molecule has 0 unspecified atom stereocenters. The predicted molar refractivity (Wildman–Crippen MR) is 343 cm³/mol. The van der Waals surface area contributed by atoms with Gasteiger partial charge >= 0.3 is 5.97 Å². The number of nitrogens with zero attached hydrogens (tertiary/aromatic N) is 2. The Labute approximate surface area is 539 Å². The number of aromatic nitrogens is 2. The Balaban J connectivity index is 0.000000209. The summed E-state index contributed by atoms with van der Waals surface area (Å²) in [7, 11) is -7.90. The first-order valence-electron chi connectivity index (χ1n) is 33.4. The van der Waals surface area contributed by atoms with Gasteiger partial charge in [0.2, 0.25) is 11.8 Å². The van der Waals surface area contributed by atoms with Crippen LogP contribution in [0, 0.1) is 105 Å². The maximum Gasteiger partial charge on any atom is 0.337 e. The molecule has 2 heterocycles. The second kappa shape index (κ2) is 29.1. The molecule has 8 aliphatic carbocycles. The number of Topliss-reactive ketones (excluding diaryl/α,β-unsaturated/α-hetero) is 1. The molecule has 0 saturated heterocycles. The summed E-state index contributed by atoms with van der Waals surface area (Å²) in [6.07, 6.45) is 20.5. The van der Waals surface area contributed by atoms with E-state index in [1.54, 1.807) is 0 Å². The van der Waals surface area contributed by atoms with E-state index in [2.05, 4.69) is 65.4 Å². The number of rotatable bonds is 20. The number of carbonyl (C=O) groups excluding carboxylic acids is 1. The van der Waals surface area contributed by atoms with Gasteiger partial charge < -0.3 is 40.7 Å². The van der Waals surface area contributed by atoms with Gasteiger partial charge in [-0.15, -0.1) is 0 Å². The standard InChI is InChI=1S/C34H52ClNO7S.C31H46ClNO5.C2H7NO3S/c1-5-23-27-18-22(37)10-13-34(27,4)26-11-14-33(3)24(8-9-25(33)30(26)31(23)39)20(2)12-15-43-32-28(35)17-21(19-36-32)29(38)7-6-16-44(40,41)42;1-5-20-24-15-19(34)8-11-31(24,4)23-9-12-30(3)21(6-7-22(30)26(23)27(20)35)17(2)10-13-38-28-25(32)14-18(16-33-28)29(36)37;3-1-2-7(4,5)6/h17,19-20,22-27,30-31,37,39H,5-16,18H2,1-4H3,(H,40,41,42);14,16-17,19-24,26-27,34-35H,5-13,15H2,1-4H3,(H,36,37);1-3H2,(H,4,5,6)/t20-,22-,23-,24-,25+,26+,27+,30+,31-,33-,34-;17-,19-,20-,21-,22+,23+,24+,26+,27-,30-,31-;/m11./s1. The number of halogens is 2. The zero-order valence-corrected chi connectivity index (χ0v) is 57.0. The summed E-state index contributed by atoms with van der Waals surface area (Å²) in [4.78, 5) is 31.9. The summed E-state index contributed by atoms with van der Waals surface area (Å²) in [6.45, 7) is 20.0. The number of fused-ring (bicyclic) bond motifs is 10. The highest BCUT2D eigenvalue weighted by Gasteiger charge is 2.67. The molecule has 18 nitrogen and oxygen atoms in total. The minimum atomic E-state index is -4.10. The van der Waals surface area contributed by atoms with E-state index in [1.807, 2.05) is 0 Å². The van der Waals surface area contributed by atoms with Crippen LogP contribution in [0.4, 0.5) is 0 Å². The average Bonchev–Trinajstić information content (AvgIpc) is 1.70. The number of aliphatic hydroxyl groups excluding tert-OH is 4. The summed E-state index contributed by atoms with van der Waals surface area (Å²) < 4.78 is 69.9. The van der Waals surface area contributed by atoms with Crippen LogP contribution in [0.15, 0.2) is 24.5 Å². The molecule has 0 amide bonds. The van der Waals surface area contributed by atoms with Crippen molar-refractivity contribution >= 4 is 55.2 Å². The molecule has 2 aromatic rings. The second-order valence-electron chi connectivity index (χ2n) is 29.7. The van der Waals surface area contributed by atoms with Gasteiger partial charge in [0, 0.05) is 30.9 Å². The Morgan fingerprint density at radius 2 is 1.00 bits per heavy atom. The first kappa shape index (κ1) is 72.1. The van der Waals surface area contributed by atoms with E-state index in [9.17, 15) is 46.9 Å². The zero-order valence-electron chi connectivity index (χ0n) is 53.8. The highest BCUT2D eigenvalue weighted by molar-refractivity contribution is 7.86. The highest BCUT2D eigenvalue weighted by Crippen LogP contribution is 2.71. The molecule has 9 N–H and O–H groups in total. The maximum absolute atomic E-state index is 12.4. The number of hydrogen-bond acceptors (Lipinski definition) is 15. The van der Waals surface area contributed by atoms with Gasteiger partial charge in [-0.25, -0.2) is 14.8 Å². The molecule has 0 radical (unpaired) electrons. The number of pyridine rings is 2. The third-order valence-corrected chi connectivity index (χ3v) is 27.4. The molecule has 0 spiro atoms. The van der Waals surface area contributed by atoms with E-state index in [-0.39, 0.29) is 122 Å². The molecule has 8 saturated carbocycles. The van der Waals surface area contributed by atoms with Crippen LogP contribution < -0.4 is 15.2 Å². The van der Waals surface area contributed by atoms with E-state index in [1.165, 1.54) is 63.1 Å². The maximum atomic E-state index is 12.4. The van der Waals surface area contributed by atoms with Crippen LogP contribution in [-0.4, -0.2) is 129 Å². The van der Waals surface area contributed by atoms with E-state index >= 15 is 0 Å². The average molecular weight is 1330 g/mol. The molecule has 2 aromatic heterocycles. The van der Waals surface area contributed by atoms with Crippen LogP contribution in [-0.2, 0) is 20.2 Å². The predicted octanol–water partition coefficient (Wildman–Crippen LogP) is 11.9. The summed E-state index contributed by atoms with van der Waals surface area (Å²) in [5.41, 5.74) is 5.95. The first-order valence-corrected chi connectivity index (χ1v) is 37.4. The summed E-state index contributed by atoms with van der Waals surface area (Å²) in [6, 6.07) is 2.88. The molecule has 504 valence electrons. The topological polar surface area (TPSA) is 314 Å². The first-order chi connectivity index (χ1) is 41.8. The Kier molecular flexibility index (Phi) is 23.5. The lowest BCUT2D eigenvalue weighted by atomic mass is 9.41. The Hall–Kier alpha value is -2.76. The Morgan fingerprint density at radius 3 is 1.37 bits per heavy atom. The van der Waals surface area contributed by atoms with E-state index < -0.39 is 32.0 Å². The van der Waals surface area contributed by atoms with Crippen LogP contribution >= 0.6 is 23.2 Å². The Bertz CT molecular complexity index is 3000. The van der Waals surface area contributed by atoms with Gasteiger partial charge in [0.15, 0.2) is 5.78 Å². The lowest BCUT2D eigenvalue weighted by molar-refractivity contribution is -0.203. The van der Waals surface area contributed by atoms with Crippen molar-refractivity contribution in [3.63, 3.8) is 0 Å². The van der Waals surface area contributed by atoms with Crippen LogP contribution in [0.25, 0.3) is 0 Å². The number of aromatic carboxylic acids is 1. The molecule has 8 fully saturated rings. The molecule has 0 aliphatic heterocycles. The number of carboxylic acids is 1. The molecular weight excluding hydrogens is 1220 g/mol. The number of ketones is 1. The minimum absolute atomic E-state index is 0.0237. The van der Waals surface area contributed by atoms with E-state index in [0.29, 0.717) is 84.2 Å². The van der Waals surface area contributed by atoms with Crippen molar-refractivity contribution in [1.29, 1.82) is 0 Å². The van der Waals surface area contributed by atoms with Gasteiger partial charge in [-0.2, -0.15) is 16.8 Å². The molecule has 0 bridgehead atoms. The molecular formula is C67H105Cl2N3O15S2. The van der Waals surface area contributed by atoms with Crippen molar-refractivity contribution in [1.82, 2.24) is 9.97 Å². The molecule has 22 heteroatoms. The third kappa shape index (κ3) is 15.3. The van der Waals surface area contributed by atoms with Gasteiger partial charge in [0.05, 0.1) is 54.7 Å². The normalized spacial score (nSPS) is 38.7. The van der Waals surface area contributed by atoms with Crippen LogP contribution in [0.2, 0.25) is 10.0 Å². The lowest BCUT2D eigenvalue weighted by Crippen LogP contribution is -2.62. The van der Waals surface area contributed by atoms with Crippen LogP contribution in [0.1, 0.15) is 205 Å². The number of aliphatic hydroxyl groups is 4. The summed E-state index contributed by atoms with van der Waals surface area (Å²) >= 11 is 12.6. The summed E-state index contributed by atoms with van der Waals surface area (Å²) in [5.74, 6) is 4.64. The van der Waals surface area contributed by atoms with Crippen molar-refractivity contribution in [2.75, 3.05) is 31.3 Å². The van der Waals surface area contributed by atoms with E-state index in [0.717, 1.165) is 77.0 Å². The van der Waals surface area contributed by atoms with E-state index in [4.69, 9.17) is 52.6 Å². The molecule has 0 aromatic carbocycles. The van der Waals surface area contributed by atoms with Gasteiger partial charge in [0.25, 0.3) is 20.2 Å².